The van der Waals surface area contributed by atoms with Crippen LogP contribution in [0.4, 0.5) is 0 Å². The summed E-state index contributed by atoms with van der Waals surface area (Å²) in [5.41, 5.74) is 6.79. The molecule has 7 heteroatoms. The normalized spacial score (nSPS) is 10.6. The van der Waals surface area contributed by atoms with Crippen molar-refractivity contribution in [3.05, 3.63) is 59.4 Å². The van der Waals surface area contributed by atoms with Crippen LogP contribution in [0.1, 0.15) is 17.5 Å². The van der Waals surface area contributed by atoms with Gasteiger partial charge in [-0.25, -0.2) is 9.67 Å². The van der Waals surface area contributed by atoms with Gasteiger partial charge in [0.05, 0.1) is 12.3 Å². The second-order valence-corrected chi connectivity index (χ2v) is 5.41. The number of benzene rings is 2. The minimum Gasteiger partial charge on any atom is -0.494 e. The van der Waals surface area contributed by atoms with E-state index in [0.29, 0.717) is 17.5 Å². The van der Waals surface area contributed by atoms with Gasteiger partial charge in [0.2, 0.25) is 5.82 Å². The van der Waals surface area contributed by atoms with Gasteiger partial charge in [-0.1, -0.05) is 23.7 Å². The van der Waals surface area contributed by atoms with Gasteiger partial charge in [-0.05, 0) is 43.3 Å². The number of ether oxygens (including phenoxy) is 1. The van der Waals surface area contributed by atoms with Crippen molar-refractivity contribution < 1.29 is 9.53 Å². The van der Waals surface area contributed by atoms with Gasteiger partial charge in [0.15, 0.2) is 5.82 Å². The van der Waals surface area contributed by atoms with Crippen molar-refractivity contribution in [3.63, 3.8) is 0 Å². The molecule has 0 unspecified atom stereocenters. The van der Waals surface area contributed by atoms with Crippen molar-refractivity contribution >= 4 is 17.5 Å². The first-order chi connectivity index (χ1) is 11.6. The Morgan fingerprint density at radius 1 is 1.25 bits per heavy atom. The SMILES string of the molecule is CCOc1ccc(-n2nc(C(N)=O)nc2-c2cccc(Cl)c2)cc1. The van der Waals surface area contributed by atoms with Crippen molar-refractivity contribution in [1.29, 1.82) is 0 Å². The molecule has 3 aromatic rings. The van der Waals surface area contributed by atoms with Crippen LogP contribution >= 0.6 is 11.6 Å². The first-order valence-corrected chi connectivity index (χ1v) is 7.72. The highest BCUT2D eigenvalue weighted by molar-refractivity contribution is 6.30. The third kappa shape index (κ3) is 3.23. The van der Waals surface area contributed by atoms with Gasteiger partial charge in [0.1, 0.15) is 5.75 Å². The van der Waals surface area contributed by atoms with Crippen molar-refractivity contribution in [2.45, 2.75) is 6.92 Å². The molecule has 0 bridgehead atoms. The van der Waals surface area contributed by atoms with E-state index in [-0.39, 0.29) is 5.82 Å². The van der Waals surface area contributed by atoms with Crippen molar-refractivity contribution in [2.24, 2.45) is 5.73 Å². The lowest BCUT2D eigenvalue weighted by Crippen LogP contribution is -2.13. The quantitative estimate of drug-likeness (QED) is 0.772. The van der Waals surface area contributed by atoms with Gasteiger partial charge < -0.3 is 10.5 Å². The third-order valence-corrected chi connectivity index (χ3v) is 3.54. The van der Waals surface area contributed by atoms with E-state index in [1.165, 1.54) is 0 Å². The average Bonchev–Trinajstić information content (AvgIpc) is 3.01. The maximum Gasteiger partial charge on any atom is 0.288 e. The molecule has 0 atom stereocenters. The molecule has 122 valence electrons. The number of hydrogen-bond donors (Lipinski definition) is 1. The predicted octanol–water partition coefficient (Wildman–Crippen LogP) is 3.09. The van der Waals surface area contributed by atoms with Crippen LogP contribution in [0.5, 0.6) is 5.75 Å². The monoisotopic (exact) mass is 342 g/mol. The molecule has 0 fully saturated rings. The number of rotatable bonds is 5. The molecule has 0 spiro atoms. The number of carbonyl (C=O) groups excluding carboxylic acids is 1. The number of amides is 1. The van der Waals surface area contributed by atoms with Crippen molar-refractivity contribution in [1.82, 2.24) is 14.8 Å². The molecule has 0 radical (unpaired) electrons. The van der Waals surface area contributed by atoms with Gasteiger partial charge in [0, 0.05) is 10.6 Å². The highest BCUT2D eigenvalue weighted by atomic mass is 35.5. The molecule has 24 heavy (non-hydrogen) atoms. The van der Waals surface area contributed by atoms with Crippen molar-refractivity contribution in [3.8, 4) is 22.8 Å². The summed E-state index contributed by atoms with van der Waals surface area (Å²) in [6.07, 6.45) is 0. The molecule has 2 aromatic carbocycles. The van der Waals surface area contributed by atoms with E-state index < -0.39 is 5.91 Å². The fourth-order valence-electron chi connectivity index (χ4n) is 2.26. The van der Waals surface area contributed by atoms with Crippen LogP contribution in [0.2, 0.25) is 5.02 Å². The lowest BCUT2D eigenvalue weighted by molar-refractivity contribution is 0.0990. The van der Waals surface area contributed by atoms with Crippen molar-refractivity contribution in [2.75, 3.05) is 6.61 Å². The fourth-order valence-corrected chi connectivity index (χ4v) is 2.45. The van der Waals surface area contributed by atoms with Crippen LogP contribution in [0.15, 0.2) is 48.5 Å². The van der Waals surface area contributed by atoms with E-state index in [4.69, 9.17) is 22.1 Å². The summed E-state index contributed by atoms with van der Waals surface area (Å²) in [5, 5.41) is 4.77. The summed E-state index contributed by atoms with van der Waals surface area (Å²) < 4.78 is 6.99. The summed E-state index contributed by atoms with van der Waals surface area (Å²) in [7, 11) is 0. The van der Waals surface area contributed by atoms with E-state index in [2.05, 4.69) is 10.1 Å². The number of carbonyl (C=O) groups is 1. The molecule has 2 N–H and O–H groups in total. The highest BCUT2D eigenvalue weighted by Crippen LogP contribution is 2.25. The molecular formula is C17H15ClN4O2. The first-order valence-electron chi connectivity index (χ1n) is 7.34. The molecule has 1 aromatic heterocycles. The van der Waals surface area contributed by atoms with Crippen LogP contribution < -0.4 is 10.5 Å². The summed E-state index contributed by atoms with van der Waals surface area (Å²) in [6, 6.07) is 14.5. The molecule has 0 aliphatic heterocycles. The fraction of sp³-hybridized carbons (Fsp3) is 0.118. The van der Waals surface area contributed by atoms with Crippen LogP contribution in [0.3, 0.4) is 0 Å². The molecule has 1 heterocycles. The number of primary amides is 1. The maximum atomic E-state index is 11.5. The molecule has 3 rings (SSSR count). The molecule has 0 saturated carbocycles. The van der Waals surface area contributed by atoms with E-state index in [9.17, 15) is 4.79 Å². The summed E-state index contributed by atoms with van der Waals surface area (Å²) >= 11 is 6.05. The number of halogens is 1. The second-order valence-electron chi connectivity index (χ2n) is 4.97. The molecule has 1 amide bonds. The van der Waals surface area contributed by atoms with Gasteiger partial charge >= 0.3 is 0 Å². The Balaban J connectivity index is 2.10. The minimum atomic E-state index is -0.692. The zero-order chi connectivity index (χ0) is 17.1. The second kappa shape index (κ2) is 6.72. The lowest BCUT2D eigenvalue weighted by Gasteiger charge is -2.08. The summed E-state index contributed by atoms with van der Waals surface area (Å²) in [4.78, 5) is 15.7. The third-order valence-electron chi connectivity index (χ3n) is 3.30. The van der Waals surface area contributed by atoms with E-state index in [0.717, 1.165) is 17.0 Å². The molecule has 0 aliphatic rings. The predicted molar refractivity (Wildman–Crippen MR) is 91.5 cm³/mol. The molecular weight excluding hydrogens is 328 g/mol. The van der Waals surface area contributed by atoms with Gasteiger partial charge in [-0.2, -0.15) is 0 Å². The smallest absolute Gasteiger partial charge is 0.288 e. The summed E-state index contributed by atoms with van der Waals surface area (Å²) in [5.74, 6) is 0.484. The van der Waals surface area contributed by atoms with Gasteiger partial charge in [-0.15, -0.1) is 5.10 Å². The Kier molecular flexibility index (Phi) is 4.48. The first kappa shape index (κ1) is 16.0. The zero-order valence-electron chi connectivity index (χ0n) is 12.9. The molecule has 0 saturated heterocycles. The number of hydrogen-bond acceptors (Lipinski definition) is 4. The zero-order valence-corrected chi connectivity index (χ0v) is 13.7. The Morgan fingerprint density at radius 2 is 2.00 bits per heavy atom. The highest BCUT2D eigenvalue weighted by Gasteiger charge is 2.17. The molecule has 0 aliphatic carbocycles. The summed E-state index contributed by atoms with van der Waals surface area (Å²) in [6.45, 7) is 2.50. The Bertz CT molecular complexity index is 875. The van der Waals surface area contributed by atoms with Crippen LogP contribution in [0, 0.1) is 0 Å². The van der Waals surface area contributed by atoms with Crippen LogP contribution in [-0.2, 0) is 0 Å². The average molecular weight is 343 g/mol. The number of nitrogens with two attached hydrogens (primary N) is 1. The maximum absolute atomic E-state index is 11.5. The van der Waals surface area contributed by atoms with E-state index in [1.54, 1.807) is 22.9 Å². The molecule has 6 nitrogen and oxygen atoms in total. The van der Waals surface area contributed by atoms with Crippen LogP contribution in [0.25, 0.3) is 17.1 Å². The Labute approximate surface area is 143 Å². The minimum absolute atomic E-state index is 0.0566. The Hall–Kier alpha value is -2.86. The van der Waals surface area contributed by atoms with E-state index in [1.807, 2.05) is 37.3 Å². The van der Waals surface area contributed by atoms with Crippen LogP contribution in [-0.4, -0.2) is 27.3 Å². The number of nitrogens with zero attached hydrogens (tertiary/aromatic N) is 3. The standard InChI is InChI=1S/C17H15ClN4O2/c1-2-24-14-8-6-13(7-9-14)22-17(20-16(21-22)15(19)23)11-4-3-5-12(18)10-11/h3-10H,2H2,1H3,(H2,19,23). The van der Waals surface area contributed by atoms with Gasteiger partial charge in [0.25, 0.3) is 5.91 Å². The largest absolute Gasteiger partial charge is 0.494 e. The topological polar surface area (TPSA) is 83.0 Å². The lowest BCUT2D eigenvalue weighted by atomic mass is 10.2. The Morgan fingerprint density at radius 3 is 2.62 bits per heavy atom. The van der Waals surface area contributed by atoms with E-state index >= 15 is 0 Å². The van der Waals surface area contributed by atoms with Gasteiger partial charge in [-0.3, -0.25) is 4.79 Å². The number of aromatic nitrogens is 3.